The highest BCUT2D eigenvalue weighted by Crippen LogP contribution is 2.29. The van der Waals surface area contributed by atoms with Crippen molar-refractivity contribution in [2.45, 2.75) is 19.9 Å². The highest BCUT2D eigenvalue weighted by Gasteiger charge is 2.33. The average Bonchev–Trinajstić information content (AvgIpc) is 2.48. The van der Waals surface area contributed by atoms with Crippen LogP contribution in [-0.2, 0) is 0 Å². The molecule has 2 amide bonds. The summed E-state index contributed by atoms with van der Waals surface area (Å²) in [5.41, 5.74) is 3.67. The molecule has 2 aromatic carbocycles. The lowest BCUT2D eigenvalue weighted by molar-refractivity contribution is 0.0565. The Labute approximate surface area is 133 Å². The van der Waals surface area contributed by atoms with Crippen LogP contribution >= 0.6 is 12.2 Å². The quantitative estimate of drug-likeness (QED) is 0.657. The molecule has 6 heteroatoms. The van der Waals surface area contributed by atoms with Crippen LogP contribution in [0.5, 0.6) is 0 Å². The van der Waals surface area contributed by atoms with Gasteiger partial charge >= 0.3 is 0 Å². The van der Waals surface area contributed by atoms with E-state index < -0.39 is 11.8 Å². The third-order valence-electron chi connectivity index (χ3n) is 3.40. The number of hydrazine groups is 1. The lowest BCUT2D eigenvalue weighted by Crippen LogP contribution is -2.55. The zero-order valence-corrected chi connectivity index (χ0v) is 13.0. The SMILES string of the molecule is CC(C)NC(=S)NN1C(=O)c2cccc3cccc(c23)C1=O. The summed E-state index contributed by atoms with van der Waals surface area (Å²) in [4.78, 5) is 25.2. The molecule has 0 radical (unpaired) electrons. The van der Waals surface area contributed by atoms with Gasteiger partial charge in [0.2, 0.25) is 0 Å². The zero-order valence-electron chi connectivity index (χ0n) is 12.2. The van der Waals surface area contributed by atoms with Gasteiger partial charge in [0.1, 0.15) is 0 Å². The van der Waals surface area contributed by atoms with E-state index in [9.17, 15) is 9.59 Å². The second-order valence-corrected chi connectivity index (χ2v) is 5.80. The van der Waals surface area contributed by atoms with Crippen LogP contribution in [0.2, 0.25) is 0 Å². The number of amides is 2. The van der Waals surface area contributed by atoms with Crippen molar-refractivity contribution in [3.05, 3.63) is 47.5 Å². The van der Waals surface area contributed by atoms with Gasteiger partial charge in [-0.3, -0.25) is 15.0 Å². The summed E-state index contributed by atoms with van der Waals surface area (Å²) in [6.07, 6.45) is 0. The maximum absolute atomic E-state index is 12.6. The Morgan fingerprint density at radius 3 is 2.09 bits per heavy atom. The first kappa shape index (κ1) is 14.5. The topological polar surface area (TPSA) is 61.4 Å². The van der Waals surface area contributed by atoms with Crippen molar-refractivity contribution in [3.8, 4) is 0 Å². The van der Waals surface area contributed by atoms with Crippen LogP contribution in [-0.4, -0.2) is 28.0 Å². The molecule has 3 rings (SSSR count). The number of nitrogens with one attached hydrogen (secondary N) is 2. The van der Waals surface area contributed by atoms with Crippen LogP contribution in [0.15, 0.2) is 36.4 Å². The van der Waals surface area contributed by atoms with Crippen LogP contribution in [0, 0.1) is 0 Å². The third kappa shape index (κ3) is 2.31. The van der Waals surface area contributed by atoms with Gasteiger partial charge in [-0.2, -0.15) is 5.01 Å². The fraction of sp³-hybridized carbons (Fsp3) is 0.188. The number of carbonyl (C=O) groups is 2. The Balaban J connectivity index is 2.03. The van der Waals surface area contributed by atoms with Crippen molar-refractivity contribution in [1.29, 1.82) is 0 Å². The van der Waals surface area contributed by atoms with Gasteiger partial charge < -0.3 is 5.32 Å². The van der Waals surface area contributed by atoms with Crippen molar-refractivity contribution >= 4 is 39.9 Å². The fourth-order valence-corrected chi connectivity index (χ4v) is 2.86. The molecule has 2 aromatic rings. The number of thiocarbonyl (C=S) groups is 1. The molecular formula is C16H15N3O2S. The molecule has 0 unspecified atom stereocenters. The summed E-state index contributed by atoms with van der Waals surface area (Å²) in [6.45, 7) is 3.84. The number of imide groups is 1. The lowest BCUT2D eigenvalue weighted by Gasteiger charge is -2.28. The minimum Gasteiger partial charge on any atom is -0.359 e. The predicted molar refractivity (Wildman–Crippen MR) is 88.5 cm³/mol. The van der Waals surface area contributed by atoms with E-state index >= 15 is 0 Å². The van der Waals surface area contributed by atoms with Gasteiger partial charge in [0, 0.05) is 11.4 Å². The Kier molecular flexibility index (Phi) is 3.54. The molecule has 0 spiro atoms. The molecule has 0 fully saturated rings. The van der Waals surface area contributed by atoms with Gasteiger partial charge in [-0.1, -0.05) is 24.3 Å². The van der Waals surface area contributed by atoms with E-state index in [0.717, 1.165) is 10.4 Å². The van der Waals surface area contributed by atoms with Crippen LogP contribution in [0.3, 0.4) is 0 Å². The van der Waals surface area contributed by atoms with E-state index in [0.29, 0.717) is 16.5 Å². The van der Waals surface area contributed by atoms with E-state index in [1.165, 1.54) is 0 Å². The molecule has 0 saturated heterocycles. The number of rotatable bonds is 2. The molecular weight excluding hydrogens is 298 g/mol. The summed E-state index contributed by atoms with van der Waals surface area (Å²) < 4.78 is 0. The molecule has 0 saturated carbocycles. The first-order valence-electron chi connectivity index (χ1n) is 6.96. The summed E-state index contributed by atoms with van der Waals surface area (Å²) in [7, 11) is 0. The highest BCUT2D eigenvalue weighted by atomic mass is 32.1. The van der Waals surface area contributed by atoms with E-state index in [2.05, 4.69) is 10.7 Å². The standard InChI is InChI=1S/C16H15N3O2S/c1-9(2)17-16(22)18-19-14(20)11-7-3-5-10-6-4-8-12(13(10)11)15(19)21/h3-9H,1-2H3,(H2,17,18,22). The fourth-order valence-electron chi connectivity index (χ4n) is 2.53. The summed E-state index contributed by atoms with van der Waals surface area (Å²) in [6, 6.07) is 10.9. The molecule has 5 nitrogen and oxygen atoms in total. The predicted octanol–water partition coefficient (Wildman–Crippen LogP) is 2.22. The Morgan fingerprint density at radius 1 is 1.05 bits per heavy atom. The van der Waals surface area contributed by atoms with Crippen LogP contribution < -0.4 is 10.7 Å². The lowest BCUT2D eigenvalue weighted by atomic mass is 9.95. The first-order valence-corrected chi connectivity index (χ1v) is 7.37. The smallest absolute Gasteiger partial charge is 0.280 e. The zero-order chi connectivity index (χ0) is 15.9. The van der Waals surface area contributed by atoms with Crippen molar-refractivity contribution in [2.24, 2.45) is 0 Å². The number of benzene rings is 2. The monoisotopic (exact) mass is 313 g/mol. The summed E-state index contributed by atoms with van der Waals surface area (Å²) >= 11 is 5.13. The Hall–Kier alpha value is -2.47. The maximum atomic E-state index is 12.6. The molecule has 1 aliphatic heterocycles. The molecule has 0 atom stereocenters. The van der Waals surface area contributed by atoms with Crippen molar-refractivity contribution < 1.29 is 9.59 Å². The minimum atomic E-state index is -0.401. The van der Waals surface area contributed by atoms with Gasteiger partial charge in [0.05, 0.1) is 11.1 Å². The van der Waals surface area contributed by atoms with E-state index in [1.807, 2.05) is 26.0 Å². The number of carbonyl (C=O) groups excluding carboxylic acids is 2. The van der Waals surface area contributed by atoms with Gasteiger partial charge in [-0.15, -0.1) is 0 Å². The largest absolute Gasteiger partial charge is 0.359 e. The van der Waals surface area contributed by atoms with E-state index in [-0.39, 0.29) is 11.2 Å². The van der Waals surface area contributed by atoms with Crippen LogP contribution in [0.4, 0.5) is 0 Å². The van der Waals surface area contributed by atoms with Gasteiger partial charge in [-0.25, -0.2) is 0 Å². The maximum Gasteiger partial charge on any atom is 0.280 e. The van der Waals surface area contributed by atoms with Crippen molar-refractivity contribution in [2.75, 3.05) is 0 Å². The molecule has 1 heterocycles. The molecule has 1 aliphatic rings. The van der Waals surface area contributed by atoms with Gasteiger partial charge in [0.25, 0.3) is 11.8 Å². The third-order valence-corrected chi connectivity index (χ3v) is 3.61. The van der Waals surface area contributed by atoms with Crippen molar-refractivity contribution in [3.63, 3.8) is 0 Å². The molecule has 112 valence electrons. The second kappa shape index (κ2) is 5.38. The molecule has 0 bridgehead atoms. The Morgan fingerprint density at radius 2 is 1.59 bits per heavy atom. The average molecular weight is 313 g/mol. The molecule has 22 heavy (non-hydrogen) atoms. The normalized spacial score (nSPS) is 13.7. The Bertz CT molecular complexity index is 750. The number of hydrogen-bond acceptors (Lipinski definition) is 3. The summed E-state index contributed by atoms with van der Waals surface area (Å²) in [5.74, 6) is -0.801. The van der Waals surface area contributed by atoms with E-state index in [1.54, 1.807) is 24.3 Å². The first-order chi connectivity index (χ1) is 10.5. The van der Waals surface area contributed by atoms with Crippen LogP contribution in [0.25, 0.3) is 10.8 Å². The van der Waals surface area contributed by atoms with Gasteiger partial charge in [-0.05, 0) is 43.6 Å². The molecule has 0 aromatic heterocycles. The molecule has 0 aliphatic carbocycles. The molecule has 2 N–H and O–H groups in total. The summed E-state index contributed by atoms with van der Waals surface area (Å²) in [5, 5.41) is 5.73. The highest BCUT2D eigenvalue weighted by molar-refractivity contribution is 7.80. The second-order valence-electron chi connectivity index (χ2n) is 5.39. The number of hydrogen-bond donors (Lipinski definition) is 2. The van der Waals surface area contributed by atoms with Gasteiger partial charge in [0.15, 0.2) is 5.11 Å². The minimum absolute atomic E-state index is 0.103. The number of nitrogens with zero attached hydrogens (tertiary/aromatic N) is 1. The van der Waals surface area contributed by atoms with Crippen LogP contribution in [0.1, 0.15) is 34.6 Å². The van der Waals surface area contributed by atoms with Crippen molar-refractivity contribution in [1.82, 2.24) is 15.8 Å². The van der Waals surface area contributed by atoms with E-state index in [4.69, 9.17) is 12.2 Å².